The minimum absolute atomic E-state index is 0.0282. The first-order valence-electron chi connectivity index (χ1n) is 7.97. The fraction of sp³-hybridized carbons (Fsp3) is 0.263. The first kappa shape index (κ1) is 16.5. The number of hydrogen-bond donors (Lipinski definition) is 1. The minimum atomic E-state index is -0.0282. The Morgan fingerprint density at radius 2 is 2.04 bits per heavy atom. The van der Waals surface area contributed by atoms with Crippen molar-refractivity contribution in [2.45, 2.75) is 26.7 Å². The fourth-order valence-corrected chi connectivity index (χ4v) is 3.41. The molecule has 0 bridgehead atoms. The van der Waals surface area contributed by atoms with Crippen LogP contribution in [0.3, 0.4) is 0 Å². The van der Waals surface area contributed by atoms with E-state index in [1.54, 1.807) is 0 Å². The Morgan fingerprint density at radius 1 is 1.21 bits per heavy atom. The van der Waals surface area contributed by atoms with Gasteiger partial charge >= 0.3 is 0 Å². The van der Waals surface area contributed by atoms with Gasteiger partial charge in [0.2, 0.25) is 5.91 Å². The zero-order valence-corrected chi connectivity index (χ0v) is 14.7. The molecule has 5 heteroatoms. The first-order chi connectivity index (χ1) is 11.6. The van der Waals surface area contributed by atoms with Crippen molar-refractivity contribution in [3.05, 3.63) is 53.6 Å². The van der Waals surface area contributed by atoms with Gasteiger partial charge < -0.3 is 10.1 Å². The van der Waals surface area contributed by atoms with E-state index in [1.807, 2.05) is 56.3 Å². The third kappa shape index (κ3) is 4.11. The summed E-state index contributed by atoms with van der Waals surface area (Å²) in [6, 6.07) is 14.0. The number of ether oxygens (including phenoxy) is 1. The summed E-state index contributed by atoms with van der Waals surface area (Å²) in [6.45, 7) is 4.58. The predicted molar refractivity (Wildman–Crippen MR) is 98.9 cm³/mol. The van der Waals surface area contributed by atoms with Crippen molar-refractivity contribution >= 4 is 32.6 Å². The summed E-state index contributed by atoms with van der Waals surface area (Å²) in [6.07, 6.45) is 1.09. The SMILES string of the molecule is Cc1cccc(OCCCC(=O)Nc2nc3c(C)cccc3s2)c1. The molecule has 0 aliphatic heterocycles. The van der Waals surface area contributed by atoms with E-state index in [0.717, 1.165) is 27.1 Å². The highest BCUT2D eigenvalue weighted by atomic mass is 32.1. The molecule has 1 aromatic heterocycles. The van der Waals surface area contributed by atoms with Crippen LogP contribution in [0.5, 0.6) is 5.75 Å². The number of benzene rings is 2. The Balaban J connectivity index is 1.47. The second-order valence-corrected chi connectivity index (χ2v) is 6.79. The highest BCUT2D eigenvalue weighted by Crippen LogP contribution is 2.27. The number of anilines is 1. The van der Waals surface area contributed by atoms with Gasteiger partial charge in [-0.1, -0.05) is 35.6 Å². The maximum Gasteiger partial charge on any atom is 0.226 e. The number of nitrogens with zero attached hydrogens (tertiary/aromatic N) is 1. The van der Waals surface area contributed by atoms with Crippen LogP contribution in [0.2, 0.25) is 0 Å². The molecule has 0 spiro atoms. The topological polar surface area (TPSA) is 51.2 Å². The molecule has 0 atom stereocenters. The second-order valence-electron chi connectivity index (χ2n) is 5.76. The molecule has 3 aromatic rings. The van der Waals surface area contributed by atoms with Crippen LogP contribution in [0.15, 0.2) is 42.5 Å². The summed E-state index contributed by atoms with van der Waals surface area (Å²) in [5.41, 5.74) is 3.24. The predicted octanol–water partition coefficient (Wildman–Crippen LogP) is 4.71. The number of nitrogens with one attached hydrogen (secondary N) is 1. The largest absolute Gasteiger partial charge is 0.494 e. The summed E-state index contributed by atoms with van der Waals surface area (Å²) < 4.78 is 6.75. The highest BCUT2D eigenvalue weighted by molar-refractivity contribution is 7.22. The summed E-state index contributed by atoms with van der Waals surface area (Å²) >= 11 is 1.50. The molecule has 3 rings (SSSR count). The first-order valence-corrected chi connectivity index (χ1v) is 8.79. The lowest BCUT2D eigenvalue weighted by Crippen LogP contribution is -2.12. The van der Waals surface area contributed by atoms with Gasteiger partial charge in [0.25, 0.3) is 0 Å². The van der Waals surface area contributed by atoms with Gasteiger partial charge in [-0.25, -0.2) is 4.98 Å². The number of hydrogen-bond acceptors (Lipinski definition) is 4. The molecular formula is C19H20N2O2S. The van der Waals surface area contributed by atoms with Gasteiger partial charge in [-0.15, -0.1) is 0 Å². The zero-order valence-electron chi connectivity index (χ0n) is 13.8. The van der Waals surface area contributed by atoms with E-state index in [9.17, 15) is 4.79 Å². The molecular weight excluding hydrogens is 320 g/mol. The molecule has 0 saturated carbocycles. The maximum absolute atomic E-state index is 12.0. The average Bonchev–Trinajstić information content (AvgIpc) is 2.95. The Bertz CT molecular complexity index is 857. The molecule has 0 aliphatic rings. The van der Waals surface area contributed by atoms with E-state index < -0.39 is 0 Å². The minimum Gasteiger partial charge on any atom is -0.494 e. The smallest absolute Gasteiger partial charge is 0.226 e. The van der Waals surface area contributed by atoms with Crippen molar-refractivity contribution < 1.29 is 9.53 Å². The van der Waals surface area contributed by atoms with Crippen molar-refractivity contribution in [1.82, 2.24) is 4.98 Å². The molecule has 0 fully saturated rings. The van der Waals surface area contributed by atoms with Crippen LogP contribution < -0.4 is 10.1 Å². The Kier molecular flexibility index (Phi) is 5.11. The Labute approximate surface area is 145 Å². The van der Waals surface area contributed by atoms with E-state index in [2.05, 4.69) is 10.3 Å². The van der Waals surface area contributed by atoms with Crippen molar-refractivity contribution in [2.24, 2.45) is 0 Å². The highest BCUT2D eigenvalue weighted by Gasteiger charge is 2.09. The number of rotatable bonds is 6. The maximum atomic E-state index is 12.0. The number of amides is 1. The van der Waals surface area contributed by atoms with Crippen molar-refractivity contribution in [2.75, 3.05) is 11.9 Å². The van der Waals surface area contributed by atoms with Crippen LogP contribution >= 0.6 is 11.3 Å². The van der Waals surface area contributed by atoms with E-state index in [0.29, 0.717) is 24.6 Å². The van der Waals surface area contributed by atoms with Crippen LogP contribution in [0, 0.1) is 13.8 Å². The summed E-state index contributed by atoms with van der Waals surface area (Å²) in [5, 5.41) is 3.54. The van der Waals surface area contributed by atoms with Crippen LogP contribution in [0.25, 0.3) is 10.2 Å². The summed E-state index contributed by atoms with van der Waals surface area (Å²) in [4.78, 5) is 16.5. The number of aryl methyl sites for hydroxylation is 2. The van der Waals surface area contributed by atoms with E-state index in [-0.39, 0.29) is 5.91 Å². The molecule has 24 heavy (non-hydrogen) atoms. The monoisotopic (exact) mass is 340 g/mol. The van der Waals surface area contributed by atoms with Gasteiger partial charge in [-0.3, -0.25) is 4.79 Å². The number of para-hydroxylation sites is 1. The molecule has 0 aliphatic carbocycles. The zero-order chi connectivity index (χ0) is 16.9. The molecule has 2 aromatic carbocycles. The lowest BCUT2D eigenvalue weighted by Gasteiger charge is -2.06. The van der Waals surface area contributed by atoms with Crippen LogP contribution in [0.4, 0.5) is 5.13 Å². The number of carbonyl (C=O) groups excluding carboxylic acids is 1. The molecule has 4 nitrogen and oxygen atoms in total. The third-order valence-corrected chi connectivity index (χ3v) is 4.61. The van der Waals surface area contributed by atoms with E-state index in [1.165, 1.54) is 11.3 Å². The van der Waals surface area contributed by atoms with Gasteiger partial charge in [-0.2, -0.15) is 0 Å². The van der Waals surface area contributed by atoms with Crippen LogP contribution in [0.1, 0.15) is 24.0 Å². The molecule has 1 N–H and O–H groups in total. The number of thiazole rings is 1. The van der Waals surface area contributed by atoms with Crippen molar-refractivity contribution in [3.8, 4) is 5.75 Å². The molecule has 0 radical (unpaired) electrons. The fourth-order valence-electron chi connectivity index (χ4n) is 2.45. The lowest BCUT2D eigenvalue weighted by atomic mass is 10.2. The Hall–Kier alpha value is -2.40. The molecule has 1 heterocycles. The van der Waals surface area contributed by atoms with Crippen LogP contribution in [-0.4, -0.2) is 17.5 Å². The third-order valence-electron chi connectivity index (χ3n) is 3.67. The molecule has 0 saturated heterocycles. The molecule has 0 unspecified atom stereocenters. The van der Waals surface area contributed by atoms with Gasteiger partial charge in [0.05, 0.1) is 16.8 Å². The number of fused-ring (bicyclic) bond motifs is 1. The van der Waals surface area contributed by atoms with Gasteiger partial charge in [-0.05, 0) is 49.6 Å². The van der Waals surface area contributed by atoms with Crippen molar-refractivity contribution in [3.63, 3.8) is 0 Å². The standard InChI is InChI=1S/C19H20N2O2S/c1-13-6-3-8-15(12-13)23-11-5-10-17(22)20-19-21-18-14(2)7-4-9-16(18)24-19/h3-4,6-9,12H,5,10-11H2,1-2H3,(H,20,21,22). The van der Waals surface area contributed by atoms with Crippen molar-refractivity contribution in [1.29, 1.82) is 0 Å². The number of carbonyl (C=O) groups is 1. The molecule has 124 valence electrons. The summed E-state index contributed by atoms with van der Waals surface area (Å²) in [7, 11) is 0. The average molecular weight is 340 g/mol. The Morgan fingerprint density at radius 3 is 2.83 bits per heavy atom. The van der Waals surface area contributed by atoms with E-state index >= 15 is 0 Å². The number of aromatic nitrogens is 1. The second kappa shape index (κ2) is 7.45. The lowest BCUT2D eigenvalue weighted by molar-refractivity contribution is -0.116. The van der Waals surface area contributed by atoms with Gasteiger partial charge in [0.1, 0.15) is 5.75 Å². The van der Waals surface area contributed by atoms with Gasteiger partial charge in [0, 0.05) is 6.42 Å². The van der Waals surface area contributed by atoms with E-state index in [4.69, 9.17) is 4.74 Å². The summed E-state index contributed by atoms with van der Waals surface area (Å²) in [5.74, 6) is 0.816. The van der Waals surface area contributed by atoms with Crippen LogP contribution in [-0.2, 0) is 4.79 Å². The quantitative estimate of drug-likeness (QED) is 0.661. The normalized spacial score (nSPS) is 10.8. The molecule has 1 amide bonds. The van der Waals surface area contributed by atoms with Gasteiger partial charge in [0.15, 0.2) is 5.13 Å².